The molecule has 0 spiro atoms. The first-order chi connectivity index (χ1) is 7.58. The van der Waals surface area contributed by atoms with E-state index in [1.165, 1.54) is 38.5 Å². The van der Waals surface area contributed by atoms with E-state index in [2.05, 4.69) is 4.74 Å². The summed E-state index contributed by atoms with van der Waals surface area (Å²) in [6.07, 6.45) is 2.71. The zero-order valence-corrected chi connectivity index (χ0v) is 9.06. The minimum absolute atomic E-state index is 0.0645. The van der Waals surface area contributed by atoms with Gasteiger partial charge in [0, 0.05) is 17.7 Å². The lowest BCUT2D eigenvalue weighted by atomic mass is 10.1. The van der Waals surface area contributed by atoms with Crippen LogP contribution in [0.2, 0.25) is 0 Å². The fourth-order valence-electron chi connectivity index (χ4n) is 1.13. The molecule has 3 N–H and O–H groups in total. The topological polar surface area (TPSA) is 81.8 Å². The molecule has 0 saturated heterocycles. The maximum Gasteiger partial charge on any atom is 0.330 e. The molecule has 0 aliphatic carbocycles. The van der Waals surface area contributed by atoms with Crippen molar-refractivity contribution in [3.8, 4) is 11.5 Å². The molecule has 5 heteroatoms. The van der Waals surface area contributed by atoms with E-state index in [1.807, 2.05) is 0 Å². The van der Waals surface area contributed by atoms with Gasteiger partial charge in [0.1, 0.15) is 11.5 Å². The summed E-state index contributed by atoms with van der Waals surface area (Å²) in [6.45, 7) is 0. The Morgan fingerprint density at radius 2 is 2.12 bits per heavy atom. The monoisotopic (exact) mass is 223 g/mol. The molecule has 0 atom stereocenters. The Kier molecular flexibility index (Phi) is 3.77. The molecule has 0 fully saturated rings. The average Bonchev–Trinajstić information content (AvgIpc) is 2.29. The van der Waals surface area contributed by atoms with Gasteiger partial charge >= 0.3 is 5.97 Å². The molecular weight excluding hydrogens is 210 g/mol. The van der Waals surface area contributed by atoms with Crippen molar-refractivity contribution >= 4 is 17.7 Å². The number of carbonyl (C=O) groups is 1. The summed E-state index contributed by atoms with van der Waals surface area (Å²) >= 11 is 0. The Morgan fingerprint density at radius 3 is 2.69 bits per heavy atom. The second-order valence-corrected chi connectivity index (χ2v) is 3.01. The highest BCUT2D eigenvalue weighted by Gasteiger charge is 2.05. The lowest BCUT2D eigenvalue weighted by molar-refractivity contribution is -0.134. The van der Waals surface area contributed by atoms with Gasteiger partial charge < -0.3 is 20.3 Å². The van der Waals surface area contributed by atoms with Crippen molar-refractivity contribution in [3.63, 3.8) is 0 Å². The number of hydrogen-bond donors (Lipinski definition) is 2. The number of phenols is 1. The molecule has 0 unspecified atom stereocenters. The Morgan fingerprint density at radius 1 is 1.44 bits per heavy atom. The molecule has 0 heterocycles. The van der Waals surface area contributed by atoms with Gasteiger partial charge in [0.25, 0.3) is 0 Å². The fraction of sp³-hybridized carbons (Fsp3) is 0.182. The van der Waals surface area contributed by atoms with Crippen LogP contribution in [0.1, 0.15) is 5.56 Å². The highest BCUT2D eigenvalue weighted by atomic mass is 16.5. The van der Waals surface area contributed by atoms with E-state index in [0.717, 1.165) is 0 Å². The molecule has 0 aliphatic heterocycles. The molecule has 0 aromatic heterocycles. The van der Waals surface area contributed by atoms with E-state index < -0.39 is 5.97 Å². The van der Waals surface area contributed by atoms with Crippen LogP contribution in [0, 0.1) is 0 Å². The van der Waals surface area contributed by atoms with Crippen molar-refractivity contribution in [1.29, 1.82) is 0 Å². The number of nitrogens with two attached hydrogens (primary N) is 1. The minimum Gasteiger partial charge on any atom is -0.506 e. The second-order valence-electron chi connectivity index (χ2n) is 3.01. The molecule has 0 bridgehead atoms. The first kappa shape index (κ1) is 11.9. The van der Waals surface area contributed by atoms with Gasteiger partial charge in [0.05, 0.1) is 19.9 Å². The second kappa shape index (κ2) is 5.06. The molecule has 0 saturated carbocycles. The lowest BCUT2D eigenvalue weighted by Crippen LogP contribution is -1.95. The van der Waals surface area contributed by atoms with Crippen LogP contribution in [0.25, 0.3) is 6.08 Å². The number of hydrogen-bond acceptors (Lipinski definition) is 5. The zero-order valence-electron chi connectivity index (χ0n) is 9.06. The third kappa shape index (κ3) is 2.66. The smallest absolute Gasteiger partial charge is 0.330 e. The van der Waals surface area contributed by atoms with Crippen molar-refractivity contribution in [1.82, 2.24) is 0 Å². The van der Waals surface area contributed by atoms with Crippen molar-refractivity contribution < 1.29 is 19.4 Å². The van der Waals surface area contributed by atoms with Crippen molar-refractivity contribution in [3.05, 3.63) is 23.8 Å². The highest BCUT2D eigenvalue weighted by Crippen LogP contribution is 2.30. The number of carbonyl (C=O) groups excluding carboxylic acids is 1. The van der Waals surface area contributed by atoms with Crippen LogP contribution in [0.5, 0.6) is 11.5 Å². The van der Waals surface area contributed by atoms with Gasteiger partial charge in [-0.25, -0.2) is 4.79 Å². The van der Waals surface area contributed by atoms with Gasteiger partial charge in [-0.05, 0) is 12.1 Å². The van der Waals surface area contributed by atoms with E-state index in [0.29, 0.717) is 11.3 Å². The van der Waals surface area contributed by atoms with Crippen LogP contribution in [0.15, 0.2) is 18.2 Å². The van der Waals surface area contributed by atoms with E-state index in [-0.39, 0.29) is 11.4 Å². The molecule has 86 valence electrons. The molecule has 0 aliphatic rings. The van der Waals surface area contributed by atoms with Crippen molar-refractivity contribution in [2.45, 2.75) is 0 Å². The summed E-state index contributed by atoms with van der Waals surface area (Å²) in [6, 6.07) is 2.89. The van der Waals surface area contributed by atoms with Crippen LogP contribution in [-0.4, -0.2) is 25.3 Å². The van der Waals surface area contributed by atoms with Gasteiger partial charge in [0.2, 0.25) is 0 Å². The molecule has 0 radical (unpaired) electrons. The first-order valence-electron chi connectivity index (χ1n) is 4.51. The number of ether oxygens (including phenoxy) is 2. The maximum atomic E-state index is 10.9. The Hall–Kier alpha value is -2.17. The molecular formula is C11H13NO4. The summed E-state index contributed by atoms with van der Waals surface area (Å²) in [4.78, 5) is 10.9. The molecule has 1 aromatic carbocycles. The van der Waals surface area contributed by atoms with Gasteiger partial charge in [-0.1, -0.05) is 0 Å². The SMILES string of the molecule is COC(=O)/C=C/c1cc(O)c(N)cc1OC. The lowest BCUT2D eigenvalue weighted by Gasteiger charge is -2.07. The number of benzene rings is 1. The number of nitrogen functional groups attached to an aromatic ring is 1. The van der Waals surface area contributed by atoms with E-state index >= 15 is 0 Å². The average molecular weight is 223 g/mol. The van der Waals surface area contributed by atoms with Crippen LogP contribution in [-0.2, 0) is 9.53 Å². The van der Waals surface area contributed by atoms with Gasteiger partial charge in [-0.2, -0.15) is 0 Å². The largest absolute Gasteiger partial charge is 0.506 e. The van der Waals surface area contributed by atoms with Crippen LogP contribution < -0.4 is 10.5 Å². The molecule has 5 nitrogen and oxygen atoms in total. The third-order valence-corrected chi connectivity index (χ3v) is 1.98. The van der Waals surface area contributed by atoms with E-state index in [9.17, 15) is 9.90 Å². The van der Waals surface area contributed by atoms with Crippen LogP contribution in [0.3, 0.4) is 0 Å². The number of rotatable bonds is 3. The summed E-state index contributed by atoms with van der Waals surface area (Å²) in [5.41, 5.74) is 6.26. The van der Waals surface area contributed by atoms with E-state index in [4.69, 9.17) is 10.5 Å². The zero-order chi connectivity index (χ0) is 12.1. The predicted molar refractivity (Wildman–Crippen MR) is 60.1 cm³/mol. The van der Waals surface area contributed by atoms with Crippen molar-refractivity contribution in [2.75, 3.05) is 20.0 Å². The molecule has 0 amide bonds. The predicted octanol–water partition coefficient (Wildman–Crippen LogP) is 1.17. The van der Waals surface area contributed by atoms with Gasteiger partial charge in [-0.3, -0.25) is 0 Å². The summed E-state index contributed by atoms with van der Waals surface area (Å²) in [5, 5.41) is 9.41. The Bertz CT molecular complexity index is 426. The summed E-state index contributed by atoms with van der Waals surface area (Å²) < 4.78 is 9.50. The standard InChI is InChI=1S/C11H13NO4/c1-15-10-6-8(12)9(13)5-7(10)3-4-11(14)16-2/h3-6,13H,12H2,1-2H3/b4-3+. The fourth-order valence-corrected chi connectivity index (χ4v) is 1.13. The molecule has 1 rings (SSSR count). The normalized spacial score (nSPS) is 10.4. The highest BCUT2D eigenvalue weighted by molar-refractivity contribution is 5.87. The number of anilines is 1. The quantitative estimate of drug-likeness (QED) is 0.348. The van der Waals surface area contributed by atoms with E-state index in [1.54, 1.807) is 0 Å². The molecule has 16 heavy (non-hydrogen) atoms. The van der Waals surface area contributed by atoms with Crippen LogP contribution >= 0.6 is 0 Å². The Labute approximate surface area is 93.1 Å². The third-order valence-electron chi connectivity index (χ3n) is 1.98. The first-order valence-corrected chi connectivity index (χ1v) is 4.51. The summed E-state index contributed by atoms with van der Waals surface area (Å²) in [7, 11) is 2.76. The molecule has 1 aromatic rings. The van der Waals surface area contributed by atoms with Crippen LogP contribution in [0.4, 0.5) is 5.69 Å². The minimum atomic E-state index is -0.488. The van der Waals surface area contributed by atoms with Crippen molar-refractivity contribution in [2.24, 2.45) is 0 Å². The summed E-state index contributed by atoms with van der Waals surface area (Å²) in [5.74, 6) is -0.0841. The van der Waals surface area contributed by atoms with Gasteiger partial charge in [-0.15, -0.1) is 0 Å². The number of esters is 1. The number of methoxy groups -OCH3 is 2. The number of phenolic OH excluding ortho intramolecular Hbond substituents is 1. The van der Waals surface area contributed by atoms with Gasteiger partial charge in [0.15, 0.2) is 0 Å². The maximum absolute atomic E-state index is 10.9. The number of aromatic hydroxyl groups is 1. The Balaban J connectivity index is 3.07.